The summed E-state index contributed by atoms with van der Waals surface area (Å²) in [5.41, 5.74) is 0. The van der Waals surface area contributed by atoms with Crippen molar-refractivity contribution < 1.29 is 8.42 Å². The lowest BCUT2D eigenvalue weighted by Gasteiger charge is -2.28. The van der Waals surface area contributed by atoms with Gasteiger partial charge in [0.05, 0.1) is 5.25 Å². The molecule has 2 N–H and O–H groups in total. The second kappa shape index (κ2) is 6.84. The molecular weight excluding hydrogens is 250 g/mol. The SMILES string of the molecule is O=S(=O)(NCCN1CCNCC1)C1CCCCC1. The van der Waals surface area contributed by atoms with Gasteiger partial charge in [0.2, 0.25) is 10.0 Å². The zero-order chi connectivity index (χ0) is 12.8. The molecule has 0 atom stereocenters. The standard InChI is InChI=1S/C12H25N3O2S/c16-18(17,12-4-2-1-3-5-12)14-8-11-15-9-6-13-7-10-15/h12-14H,1-11H2. The van der Waals surface area contributed by atoms with Crippen LogP contribution in [0.4, 0.5) is 0 Å². The van der Waals surface area contributed by atoms with E-state index in [2.05, 4.69) is 14.9 Å². The van der Waals surface area contributed by atoms with Crippen LogP contribution in [0.5, 0.6) is 0 Å². The van der Waals surface area contributed by atoms with E-state index in [0.29, 0.717) is 6.54 Å². The van der Waals surface area contributed by atoms with Gasteiger partial charge in [-0.25, -0.2) is 13.1 Å². The van der Waals surface area contributed by atoms with Gasteiger partial charge in [0.25, 0.3) is 0 Å². The predicted octanol–water partition coefficient (Wildman–Crippen LogP) is 0.144. The lowest BCUT2D eigenvalue weighted by atomic mass is 10.0. The van der Waals surface area contributed by atoms with Crippen molar-refractivity contribution in [2.24, 2.45) is 0 Å². The number of nitrogens with one attached hydrogen (secondary N) is 2. The lowest BCUT2D eigenvalue weighted by molar-refractivity contribution is 0.245. The topological polar surface area (TPSA) is 61.4 Å². The van der Waals surface area contributed by atoms with Crippen LogP contribution in [0.3, 0.4) is 0 Å². The molecule has 1 aliphatic heterocycles. The molecule has 1 heterocycles. The van der Waals surface area contributed by atoms with Crippen LogP contribution in [-0.4, -0.2) is 57.8 Å². The average Bonchev–Trinajstić information content (AvgIpc) is 2.41. The van der Waals surface area contributed by atoms with Crippen LogP contribution in [0, 0.1) is 0 Å². The summed E-state index contributed by atoms with van der Waals surface area (Å²) >= 11 is 0. The second-order valence-corrected chi connectivity index (χ2v) is 7.34. The summed E-state index contributed by atoms with van der Waals surface area (Å²) in [5, 5.41) is 3.15. The highest BCUT2D eigenvalue weighted by Gasteiger charge is 2.26. The number of hydrogen-bond donors (Lipinski definition) is 2. The quantitative estimate of drug-likeness (QED) is 0.749. The van der Waals surface area contributed by atoms with Crippen molar-refractivity contribution in [1.29, 1.82) is 0 Å². The van der Waals surface area contributed by atoms with E-state index in [1.807, 2.05) is 0 Å². The molecule has 0 spiro atoms. The van der Waals surface area contributed by atoms with Crippen LogP contribution in [0.15, 0.2) is 0 Å². The van der Waals surface area contributed by atoms with E-state index in [9.17, 15) is 8.42 Å². The first-order valence-electron chi connectivity index (χ1n) is 7.10. The Morgan fingerprint density at radius 3 is 2.44 bits per heavy atom. The molecule has 0 amide bonds. The molecule has 0 unspecified atom stereocenters. The van der Waals surface area contributed by atoms with E-state index in [4.69, 9.17) is 0 Å². The van der Waals surface area contributed by atoms with Crippen molar-refractivity contribution in [1.82, 2.24) is 14.9 Å². The zero-order valence-electron chi connectivity index (χ0n) is 11.0. The Morgan fingerprint density at radius 1 is 1.11 bits per heavy atom. The van der Waals surface area contributed by atoms with Crippen molar-refractivity contribution in [3.63, 3.8) is 0 Å². The molecule has 0 radical (unpaired) electrons. The molecule has 106 valence electrons. The average molecular weight is 275 g/mol. The predicted molar refractivity (Wildman–Crippen MR) is 73.1 cm³/mol. The van der Waals surface area contributed by atoms with Crippen LogP contribution in [-0.2, 0) is 10.0 Å². The van der Waals surface area contributed by atoms with E-state index in [1.165, 1.54) is 6.42 Å². The Bertz CT molecular complexity index is 333. The Balaban J connectivity index is 1.70. The number of rotatable bonds is 5. The van der Waals surface area contributed by atoms with Crippen molar-refractivity contribution in [2.45, 2.75) is 37.4 Å². The molecule has 1 saturated heterocycles. The van der Waals surface area contributed by atoms with Crippen LogP contribution in [0.1, 0.15) is 32.1 Å². The van der Waals surface area contributed by atoms with E-state index in [0.717, 1.165) is 58.4 Å². The van der Waals surface area contributed by atoms with Gasteiger partial charge in [-0.05, 0) is 12.8 Å². The van der Waals surface area contributed by atoms with Crippen LogP contribution >= 0.6 is 0 Å². The molecule has 2 rings (SSSR count). The second-order valence-electron chi connectivity index (χ2n) is 5.29. The third kappa shape index (κ3) is 4.19. The van der Waals surface area contributed by atoms with Gasteiger partial charge < -0.3 is 5.32 Å². The molecular formula is C12H25N3O2S. The molecule has 0 bridgehead atoms. The summed E-state index contributed by atoms with van der Waals surface area (Å²) in [4.78, 5) is 2.31. The van der Waals surface area contributed by atoms with Crippen LogP contribution in [0.2, 0.25) is 0 Å². The first kappa shape index (κ1) is 14.2. The maximum Gasteiger partial charge on any atom is 0.214 e. The monoisotopic (exact) mass is 275 g/mol. The zero-order valence-corrected chi connectivity index (χ0v) is 11.8. The van der Waals surface area contributed by atoms with Gasteiger partial charge in [-0.15, -0.1) is 0 Å². The first-order valence-corrected chi connectivity index (χ1v) is 8.65. The fourth-order valence-electron chi connectivity index (χ4n) is 2.77. The summed E-state index contributed by atoms with van der Waals surface area (Å²) < 4.78 is 27.0. The fourth-order valence-corrected chi connectivity index (χ4v) is 4.34. The summed E-state index contributed by atoms with van der Waals surface area (Å²) in [6.45, 7) is 5.44. The summed E-state index contributed by atoms with van der Waals surface area (Å²) in [7, 11) is -3.08. The third-order valence-electron chi connectivity index (χ3n) is 3.93. The van der Waals surface area contributed by atoms with Crippen molar-refractivity contribution in [3.05, 3.63) is 0 Å². The summed E-state index contributed by atoms with van der Waals surface area (Å²) in [6, 6.07) is 0. The number of hydrogen-bond acceptors (Lipinski definition) is 4. The van der Waals surface area contributed by atoms with E-state index >= 15 is 0 Å². The Labute approximate surface area is 110 Å². The van der Waals surface area contributed by atoms with E-state index in [-0.39, 0.29) is 5.25 Å². The highest BCUT2D eigenvalue weighted by Crippen LogP contribution is 2.22. The highest BCUT2D eigenvalue weighted by molar-refractivity contribution is 7.90. The molecule has 2 fully saturated rings. The number of piperazine rings is 1. The molecule has 6 heteroatoms. The minimum Gasteiger partial charge on any atom is -0.314 e. The maximum atomic E-state index is 12.1. The van der Waals surface area contributed by atoms with Crippen molar-refractivity contribution in [2.75, 3.05) is 39.3 Å². The molecule has 1 saturated carbocycles. The van der Waals surface area contributed by atoms with Crippen LogP contribution in [0.25, 0.3) is 0 Å². The van der Waals surface area contributed by atoms with Crippen molar-refractivity contribution >= 4 is 10.0 Å². The summed E-state index contributed by atoms with van der Waals surface area (Å²) in [5.74, 6) is 0. The number of sulfonamides is 1. The Kier molecular flexibility index (Phi) is 5.41. The van der Waals surface area contributed by atoms with Gasteiger partial charge in [-0.3, -0.25) is 4.90 Å². The third-order valence-corrected chi connectivity index (χ3v) is 5.89. The minimum atomic E-state index is -3.08. The Morgan fingerprint density at radius 2 is 1.78 bits per heavy atom. The van der Waals surface area contributed by atoms with Gasteiger partial charge in [-0.1, -0.05) is 19.3 Å². The maximum absolute atomic E-state index is 12.1. The van der Waals surface area contributed by atoms with Crippen LogP contribution < -0.4 is 10.0 Å². The molecule has 2 aliphatic rings. The molecule has 0 aromatic carbocycles. The van der Waals surface area contributed by atoms with Gasteiger partial charge >= 0.3 is 0 Å². The van der Waals surface area contributed by atoms with Gasteiger partial charge in [0.1, 0.15) is 0 Å². The molecule has 1 aliphatic carbocycles. The normalized spacial score (nSPS) is 24.2. The number of nitrogens with zero attached hydrogens (tertiary/aromatic N) is 1. The van der Waals surface area contributed by atoms with E-state index in [1.54, 1.807) is 0 Å². The smallest absolute Gasteiger partial charge is 0.214 e. The fraction of sp³-hybridized carbons (Fsp3) is 1.00. The molecule has 0 aromatic heterocycles. The molecule has 5 nitrogen and oxygen atoms in total. The minimum absolute atomic E-state index is 0.144. The van der Waals surface area contributed by atoms with Gasteiger partial charge in [0.15, 0.2) is 0 Å². The summed E-state index contributed by atoms with van der Waals surface area (Å²) in [6.07, 6.45) is 4.98. The van der Waals surface area contributed by atoms with Gasteiger partial charge in [0, 0.05) is 39.3 Å². The lowest BCUT2D eigenvalue weighted by Crippen LogP contribution is -2.47. The highest BCUT2D eigenvalue weighted by atomic mass is 32.2. The van der Waals surface area contributed by atoms with Crippen molar-refractivity contribution in [3.8, 4) is 0 Å². The molecule has 0 aromatic rings. The van der Waals surface area contributed by atoms with E-state index < -0.39 is 10.0 Å². The first-order chi connectivity index (χ1) is 8.68. The molecule has 18 heavy (non-hydrogen) atoms. The Hall–Kier alpha value is -0.170. The largest absolute Gasteiger partial charge is 0.314 e. The van der Waals surface area contributed by atoms with Gasteiger partial charge in [-0.2, -0.15) is 0 Å².